The van der Waals surface area contributed by atoms with Gasteiger partial charge in [-0.15, -0.1) is 0 Å². The van der Waals surface area contributed by atoms with E-state index in [0.29, 0.717) is 24.9 Å². The average molecular weight is 397 g/mol. The maximum atomic E-state index is 13.2. The number of sulfone groups is 1. The summed E-state index contributed by atoms with van der Waals surface area (Å²) in [5, 5.41) is 0. The minimum Gasteiger partial charge on any atom is -0.224 e. The van der Waals surface area contributed by atoms with E-state index in [4.69, 9.17) is 0 Å². The van der Waals surface area contributed by atoms with Crippen molar-refractivity contribution in [3.05, 3.63) is 59.4 Å². The number of benzene rings is 2. The highest BCUT2D eigenvalue weighted by Crippen LogP contribution is 2.37. The molecular weight excluding hydrogens is 377 g/mol. The zero-order chi connectivity index (χ0) is 19.1. The lowest BCUT2D eigenvalue weighted by Gasteiger charge is -2.25. The second-order valence-corrected chi connectivity index (χ2v) is 10.4. The van der Waals surface area contributed by atoms with Crippen LogP contribution in [0.25, 0.3) is 0 Å². The standard InChI is InChI=1S/C18H20FNO4S2/c1-13-5-10-16(25(2,21)22)12-18(13)26(23,24)20-11-3-4-17(20)14-6-8-15(19)9-7-14/h5-10,12,17H,3-4,11H2,1-2H3. The molecule has 1 saturated heterocycles. The Bertz CT molecular complexity index is 1030. The smallest absolute Gasteiger partial charge is 0.224 e. The van der Waals surface area contributed by atoms with Gasteiger partial charge in [0, 0.05) is 12.8 Å². The molecule has 1 aliphatic heterocycles. The normalized spacial score (nSPS) is 19.0. The van der Waals surface area contributed by atoms with Crippen LogP contribution in [0.2, 0.25) is 0 Å². The average Bonchev–Trinajstić information content (AvgIpc) is 3.05. The molecule has 1 unspecified atom stereocenters. The molecule has 0 spiro atoms. The highest BCUT2D eigenvalue weighted by atomic mass is 32.2. The van der Waals surface area contributed by atoms with E-state index in [1.807, 2.05) is 0 Å². The van der Waals surface area contributed by atoms with Crippen LogP contribution >= 0.6 is 0 Å². The van der Waals surface area contributed by atoms with Crippen LogP contribution in [0.1, 0.15) is 30.0 Å². The molecule has 0 amide bonds. The third-order valence-electron chi connectivity index (χ3n) is 4.63. The van der Waals surface area contributed by atoms with E-state index in [0.717, 1.165) is 11.8 Å². The summed E-state index contributed by atoms with van der Waals surface area (Å²) in [5.41, 5.74) is 1.21. The quantitative estimate of drug-likeness (QED) is 0.795. The van der Waals surface area contributed by atoms with Gasteiger partial charge in [-0.2, -0.15) is 4.31 Å². The van der Waals surface area contributed by atoms with Crippen LogP contribution < -0.4 is 0 Å². The van der Waals surface area contributed by atoms with Crippen molar-refractivity contribution in [3.63, 3.8) is 0 Å². The van der Waals surface area contributed by atoms with Gasteiger partial charge in [-0.05, 0) is 55.2 Å². The number of halogens is 1. The largest absolute Gasteiger partial charge is 0.243 e. The molecule has 0 saturated carbocycles. The third-order valence-corrected chi connectivity index (χ3v) is 7.79. The Hall–Kier alpha value is -1.77. The number of hydrogen-bond donors (Lipinski definition) is 0. The Morgan fingerprint density at radius 1 is 1.04 bits per heavy atom. The first kappa shape index (κ1) is 19.0. The number of hydrogen-bond acceptors (Lipinski definition) is 4. The molecule has 2 aromatic carbocycles. The summed E-state index contributed by atoms with van der Waals surface area (Å²) in [6.45, 7) is 1.98. The summed E-state index contributed by atoms with van der Waals surface area (Å²) in [6.07, 6.45) is 2.37. The van der Waals surface area contributed by atoms with E-state index in [1.165, 1.54) is 34.6 Å². The highest BCUT2D eigenvalue weighted by Gasteiger charge is 2.37. The van der Waals surface area contributed by atoms with Gasteiger partial charge < -0.3 is 0 Å². The molecule has 26 heavy (non-hydrogen) atoms. The molecule has 140 valence electrons. The molecule has 3 rings (SSSR count). The monoisotopic (exact) mass is 397 g/mol. The topological polar surface area (TPSA) is 71.5 Å². The van der Waals surface area contributed by atoms with E-state index in [2.05, 4.69) is 0 Å². The van der Waals surface area contributed by atoms with Gasteiger partial charge >= 0.3 is 0 Å². The predicted molar refractivity (Wildman–Crippen MR) is 96.6 cm³/mol. The Balaban J connectivity index is 2.06. The van der Waals surface area contributed by atoms with Gasteiger partial charge in [0.25, 0.3) is 0 Å². The summed E-state index contributed by atoms with van der Waals surface area (Å²) in [6, 6.07) is 9.56. The van der Waals surface area contributed by atoms with E-state index in [-0.39, 0.29) is 21.7 Å². The summed E-state index contributed by atoms with van der Waals surface area (Å²) >= 11 is 0. The maximum Gasteiger partial charge on any atom is 0.243 e. The number of sulfonamides is 1. The van der Waals surface area contributed by atoms with E-state index in [9.17, 15) is 21.2 Å². The summed E-state index contributed by atoms with van der Waals surface area (Å²) < 4.78 is 64.7. The molecule has 0 N–H and O–H groups in total. The maximum absolute atomic E-state index is 13.2. The SMILES string of the molecule is Cc1ccc(S(C)(=O)=O)cc1S(=O)(=O)N1CCCC1c1ccc(F)cc1. The molecule has 0 aliphatic carbocycles. The zero-order valence-corrected chi connectivity index (χ0v) is 16.1. The summed E-state index contributed by atoms with van der Waals surface area (Å²) in [7, 11) is -7.41. The van der Waals surface area contributed by atoms with Gasteiger partial charge in [0.05, 0.1) is 15.8 Å². The van der Waals surface area contributed by atoms with Crippen molar-refractivity contribution in [1.82, 2.24) is 4.31 Å². The molecular formula is C18H20FNO4S2. The lowest BCUT2D eigenvalue weighted by Crippen LogP contribution is -2.31. The Morgan fingerprint density at radius 2 is 1.69 bits per heavy atom. The molecule has 2 aromatic rings. The fraction of sp³-hybridized carbons (Fsp3) is 0.333. The summed E-state index contributed by atoms with van der Waals surface area (Å²) in [5.74, 6) is -0.377. The van der Waals surface area contributed by atoms with Crippen molar-refractivity contribution < 1.29 is 21.2 Å². The van der Waals surface area contributed by atoms with Crippen LogP contribution in [0.5, 0.6) is 0 Å². The Kier molecular flexibility index (Phi) is 4.94. The van der Waals surface area contributed by atoms with Gasteiger partial charge in [0.1, 0.15) is 5.82 Å². The van der Waals surface area contributed by atoms with Gasteiger partial charge in [0.15, 0.2) is 9.84 Å². The van der Waals surface area contributed by atoms with Crippen molar-refractivity contribution in [2.75, 3.05) is 12.8 Å². The second-order valence-electron chi connectivity index (χ2n) is 6.52. The van der Waals surface area contributed by atoms with E-state index < -0.39 is 19.9 Å². The lowest BCUT2D eigenvalue weighted by atomic mass is 10.1. The number of rotatable bonds is 4. The van der Waals surface area contributed by atoms with Gasteiger partial charge in [-0.3, -0.25) is 0 Å². The first-order chi connectivity index (χ1) is 12.1. The van der Waals surface area contributed by atoms with Crippen molar-refractivity contribution in [1.29, 1.82) is 0 Å². The van der Waals surface area contributed by atoms with Gasteiger partial charge in [0.2, 0.25) is 10.0 Å². The van der Waals surface area contributed by atoms with Crippen LogP contribution in [0.15, 0.2) is 52.3 Å². The van der Waals surface area contributed by atoms with Gasteiger partial charge in [-0.1, -0.05) is 18.2 Å². The van der Waals surface area contributed by atoms with Crippen molar-refractivity contribution in [2.24, 2.45) is 0 Å². The van der Waals surface area contributed by atoms with Crippen molar-refractivity contribution in [2.45, 2.75) is 35.6 Å². The third kappa shape index (κ3) is 3.54. The molecule has 1 aliphatic rings. The van der Waals surface area contributed by atoms with Crippen LogP contribution in [0.4, 0.5) is 4.39 Å². The summed E-state index contributed by atoms with van der Waals surface area (Å²) in [4.78, 5) is -0.0337. The first-order valence-corrected chi connectivity index (χ1v) is 11.5. The van der Waals surface area contributed by atoms with Gasteiger partial charge in [-0.25, -0.2) is 21.2 Å². The molecule has 0 bridgehead atoms. The lowest BCUT2D eigenvalue weighted by molar-refractivity contribution is 0.396. The van der Waals surface area contributed by atoms with Crippen molar-refractivity contribution in [3.8, 4) is 0 Å². The van der Waals surface area contributed by atoms with Crippen LogP contribution in [-0.4, -0.2) is 33.9 Å². The molecule has 0 radical (unpaired) electrons. The predicted octanol–water partition coefficient (Wildman–Crippen LogP) is 3.06. The molecule has 1 heterocycles. The Morgan fingerprint density at radius 3 is 2.31 bits per heavy atom. The Labute approximate surface area is 153 Å². The van der Waals surface area contributed by atoms with Crippen molar-refractivity contribution >= 4 is 19.9 Å². The molecule has 5 nitrogen and oxygen atoms in total. The second kappa shape index (κ2) is 6.75. The fourth-order valence-corrected chi connectivity index (χ4v) is 5.92. The number of aryl methyl sites for hydroxylation is 1. The van der Waals surface area contributed by atoms with E-state index >= 15 is 0 Å². The minimum atomic E-state index is -3.88. The fourth-order valence-electron chi connectivity index (χ4n) is 3.26. The van der Waals surface area contributed by atoms with Crippen LogP contribution in [0, 0.1) is 12.7 Å². The number of nitrogens with zero attached hydrogens (tertiary/aromatic N) is 1. The molecule has 1 fully saturated rings. The van der Waals surface area contributed by atoms with Crippen LogP contribution in [-0.2, 0) is 19.9 Å². The molecule has 0 aromatic heterocycles. The minimum absolute atomic E-state index is 0.00515. The first-order valence-electron chi connectivity index (χ1n) is 8.19. The zero-order valence-electron chi connectivity index (χ0n) is 14.5. The van der Waals surface area contributed by atoms with Crippen LogP contribution in [0.3, 0.4) is 0 Å². The highest BCUT2D eigenvalue weighted by molar-refractivity contribution is 7.91. The molecule has 1 atom stereocenters. The van der Waals surface area contributed by atoms with E-state index in [1.54, 1.807) is 19.1 Å². The molecule has 8 heteroatoms.